The minimum atomic E-state index is 0.675. The molecule has 4 nitrogen and oxygen atoms in total. The van der Waals surface area contributed by atoms with Gasteiger partial charge in [-0.25, -0.2) is 15.0 Å². The van der Waals surface area contributed by atoms with Crippen molar-refractivity contribution in [1.29, 1.82) is 0 Å². The van der Waals surface area contributed by atoms with E-state index in [9.17, 15) is 0 Å². The summed E-state index contributed by atoms with van der Waals surface area (Å²) in [6.45, 7) is 0. The Kier molecular flexibility index (Phi) is 2.53. The highest BCUT2D eigenvalue weighted by Crippen LogP contribution is 2.31. The third-order valence-corrected chi connectivity index (χ3v) is 4.01. The summed E-state index contributed by atoms with van der Waals surface area (Å²) in [6, 6.07) is 5.78. The predicted octanol–water partition coefficient (Wildman–Crippen LogP) is 3.10. The van der Waals surface area contributed by atoms with E-state index in [1.54, 1.807) is 12.4 Å². The fraction of sp³-hybridized carbons (Fsp3) is 0. The molecule has 2 aromatic heterocycles. The summed E-state index contributed by atoms with van der Waals surface area (Å²) in [7, 11) is 0. The van der Waals surface area contributed by atoms with Gasteiger partial charge in [-0.3, -0.25) is 0 Å². The molecule has 0 unspecified atom stereocenters. The number of halogens is 1. The van der Waals surface area contributed by atoms with Crippen LogP contribution in [0.2, 0.25) is 0 Å². The smallest absolute Gasteiger partial charge is 0.190 e. The first kappa shape index (κ1) is 10.6. The highest BCUT2D eigenvalue weighted by Gasteiger charge is 2.08. The van der Waals surface area contributed by atoms with Crippen LogP contribution in [0.5, 0.6) is 0 Å². The summed E-state index contributed by atoms with van der Waals surface area (Å²) in [4.78, 5) is 13.6. The molecule has 6 heteroatoms. The molecule has 0 amide bonds. The number of thiazole rings is 1. The number of nitrogen functional groups attached to an aromatic ring is 1. The highest BCUT2D eigenvalue weighted by molar-refractivity contribution is 9.10. The van der Waals surface area contributed by atoms with Crippen LogP contribution in [-0.2, 0) is 0 Å². The van der Waals surface area contributed by atoms with E-state index in [0.29, 0.717) is 11.3 Å². The van der Waals surface area contributed by atoms with Gasteiger partial charge in [0.25, 0.3) is 0 Å². The SMILES string of the molecule is Nc1cc(-c2nc3nccnc3s2)ccc1Br. The van der Waals surface area contributed by atoms with Gasteiger partial charge in [-0.2, -0.15) is 0 Å². The first-order valence-electron chi connectivity index (χ1n) is 4.87. The second-order valence-electron chi connectivity index (χ2n) is 3.44. The lowest BCUT2D eigenvalue weighted by Gasteiger charge is -2.00. The Balaban J connectivity index is 2.17. The number of anilines is 1. The molecule has 0 aliphatic rings. The van der Waals surface area contributed by atoms with Gasteiger partial charge in [-0.15, -0.1) is 0 Å². The van der Waals surface area contributed by atoms with E-state index in [1.807, 2.05) is 18.2 Å². The molecule has 0 fully saturated rings. The first-order valence-corrected chi connectivity index (χ1v) is 6.48. The zero-order valence-electron chi connectivity index (χ0n) is 8.59. The molecule has 0 spiro atoms. The van der Waals surface area contributed by atoms with Gasteiger partial charge in [-0.05, 0) is 28.1 Å². The number of benzene rings is 1. The molecule has 3 rings (SSSR count). The van der Waals surface area contributed by atoms with Gasteiger partial charge in [-0.1, -0.05) is 17.4 Å². The topological polar surface area (TPSA) is 64.7 Å². The average Bonchev–Trinajstić information content (AvgIpc) is 2.76. The van der Waals surface area contributed by atoms with Crippen LogP contribution in [0.3, 0.4) is 0 Å². The van der Waals surface area contributed by atoms with E-state index in [-0.39, 0.29) is 0 Å². The molecule has 0 aliphatic carbocycles. The number of hydrogen-bond donors (Lipinski definition) is 1. The van der Waals surface area contributed by atoms with Crippen LogP contribution in [0.15, 0.2) is 35.1 Å². The van der Waals surface area contributed by atoms with E-state index in [0.717, 1.165) is 19.9 Å². The Morgan fingerprint density at radius 1 is 1.18 bits per heavy atom. The second kappa shape index (κ2) is 4.05. The van der Waals surface area contributed by atoms with Gasteiger partial charge in [0.05, 0.1) is 0 Å². The van der Waals surface area contributed by atoms with Crippen molar-refractivity contribution in [3.63, 3.8) is 0 Å². The zero-order valence-corrected chi connectivity index (χ0v) is 11.0. The fourth-order valence-corrected chi connectivity index (χ4v) is 2.59. The van der Waals surface area contributed by atoms with E-state index in [2.05, 4.69) is 30.9 Å². The number of nitrogens with two attached hydrogens (primary N) is 1. The normalized spacial score (nSPS) is 10.9. The molecule has 1 aromatic carbocycles. The third-order valence-electron chi connectivity index (χ3n) is 2.29. The van der Waals surface area contributed by atoms with E-state index < -0.39 is 0 Å². The van der Waals surface area contributed by atoms with Crippen LogP contribution in [-0.4, -0.2) is 15.0 Å². The molecule has 0 atom stereocenters. The van der Waals surface area contributed by atoms with Crippen molar-refractivity contribution in [1.82, 2.24) is 15.0 Å². The van der Waals surface area contributed by atoms with Crippen LogP contribution in [0, 0.1) is 0 Å². The molecule has 0 aliphatic heterocycles. The third kappa shape index (κ3) is 1.89. The lowest BCUT2D eigenvalue weighted by molar-refractivity contribution is 1.26. The molecule has 0 saturated carbocycles. The van der Waals surface area contributed by atoms with Crippen LogP contribution in [0.4, 0.5) is 5.69 Å². The van der Waals surface area contributed by atoms with E-state index >= 15 is 0 Å². The molecule has 0 radical (unpaired) electrons. The number of aromatic nitrogens is 3. The standard InChI is InChI=1S/C11H7BrN4S/c12-7-2-1-6(5-8(7)13)10-16-9-11(17-10)15-4-3-14-9/h1-5H,13H2. The number of nitrogens with zero attached hydrogens (tertiary/aromatic N) is 3. The average molecular weight is 307 g/mol. The highest BCUT2D eigenvalue weighted by atomic mass is 79.9. The Hall–Kier alpha value is -1.53. The van der Waals surface area contributed by atoms with Gasteiger partial charge in [0.2, 0.25) is 0 Å². The summed E-state index contributed by atoms with van der Waals surface area (Å²) < 4.78 is 0.888. The second-order valence-corrected chi connectivity index (χ2v) is 5.27. The lowest BCUT2D eigenvalue weighted by Crippen LogP contribution is -1.87. The molecule has 2 heterocycles. The van der Waals surface area contributed by atoms with Crippen LogP contribution < -0.4 is 5.73 Å². The van der Waals surface area contributed by atoms with Gasteiger partial charge in [0.1, 0.15) is 5.01 Å². The Morgan fingerprint density at radius 3 is 2.76 bits per heavy atom. The van der Waals surface area contributed by atoms with Gasteiger partial charge in [0, 0.05) is 28.1 Å². The molecule has 3 aromatic rings. The van der Waals surface area contributed by atoms with Crippen LogP contribution in [0.1, 0.15) is 0 Å². The Morgan fingerprint density at radius 2 is 2.00 bits per heavy atom. The minimum absolute atomic E-state index is 0.675. The lowest BCUT2D eigenvalue weighted by atomic mass is 10.2. The quantitative estimate of drug-likeness (QED) is 0.702. The van der Waals surface area contributed by atoms with Gasteiger partial charge in [0.15, 0.2) is 10.5 Å². The molecule has 2 N–H and O–H groups in total. The number of fused-ring (bicyclic) bond motifs is 1. The molecule has 84 valence electrons. The van der Waals surface area contributed by atoms with Gasteiger partial charge >= 0.3 is 0 Å². The largest absolute Gasteiger partial charge is 0.398 e. The summed E-state index contributed by atoms with van der Waals surface area (Å²) >= 11 is 4.88. The van der Waals surface area contributed by atoms with Crippen molar-refractivity contribution >= 4 is 43.4 Å². The fourth-order valence-electron chi connectivity index (χ4n) is 1.48. The van der Waals surface area contributed by atoms with Crippen molar-refractivity contribution in [2.45, 2.75) is 0 Å². The molecule has 17 heavy (non-hydrogen) atoms. The molecule has 0 bridgehead atoms. The number of rotatable bonds is 1. The maximum absolute atomic E-state index is 5.85. The van der Waals surface area contributed by atoms with E-state index in [4.69, 9.17) is 5.73 Å². The van der Waals surface area contributed by atoms with Crippen LogP contribution in [0.25, 0.3) is 21.0 Å². The first-order chi connectivity index (χ1) is 8.24. The summed E-state index contributed by atoms with van der Waals surface area (Å²) in [5, 5.41) is 0.880. The Labute approximate surface area is 110 Å². The van der Waals surface area contributed by atoms with Crippen molar-refractivity contribution in [3.05, 3.63) is 35.1 Å². The van der Waals surface area contributed by atoms with Crippen molar-refractivity contribution in [2.24, 2.45) is 0 Å². The van der Waals surface area contributed by atoms with E-state index in [1.165, 1.54) is 11.3 Å². The monoisotopic (exact) mass is 306 g/mol. The van der Waals surface area contributed by atoms with Crippen molar-refractivity contribution < 1.29 is 0 Å². The molecule has 0 saturated heterocycles. The minimum Gasteiger partial charge on any atom is -0.398 e. The Bertz CT molecular complexity index is 662. The van der Waals surface area contributed by atoms with Crippen LogP contribution >= 0.6 is 27.3 Å². The summed E-state index contributed by atoms with van der Waals surface area (Å²) in [5.41, 5.74) is 8.20. The maximum Gasteiger partial charge on any atom is 0.190 e. The summed E-state index contributed by atoms with van der Waals surface area (Å²) in [5.74, 6) is 0. The number of hydrogen-bond acceptors (Lipinski definition) is 5. The molecular weight excluding hydrogens is 300 g/mol. The van der Waals surface area contributed by atoms with Crippen molar-refractivity contribution in [3.8, 4) is 10.6 Å². The predicted molar refractivity (Wildman–Crippen MR) is 72.8 cm³/mol. The van der Waals surface area contributed by atoms with Crippen molar-refractivity contribution in [2.75, 3.05) is 5.73 Å². The molecular formula is C11H7BrN4S. The maximum atomic E-state index is 5.85. The zero-order chi connectivity index (χ0) is 11.8. The van der Waals surface area contributed by atoms with Gasteiger partial charge < -0.3 is 5.73 Å². The summed E-state index contributed by atoms with van der Waals surface area (Å²) in [6.07, 6.45) is 3.31.